The summed E-state index contributed by atoms with van der Waals surface area (Å²) in [7, 11) is 3.14. The molecule has 8 heteroatoms. The molecule has 2 aromatic carbocycles. The Bertz CT molecular complexity index is 1170. The van der Waals surface area contributed by atoms with Gasteiger partial charge in [-0.15, -0.1) is 0 Å². The Labute approximate surface area is 176 Å². The van der Waals surface area contributed by atoms with Crippen LogP contribution in [0.2, 0.25) is 0 Å². The number of fused-ring (bicyclic) bond motifs is 1. The van der Waals surface area contributed by atoms with Crippen molar-refractivity contribution in [2.45, 2.75) is 0 Å². The topological polar surface area (TPSA) is 71.6 Å². The maximum Gasteiger partial charge on any atom is 0.270 e. The van der Waals surface area contributed by atoms with Crippen molar-refractivity contribution in [1.29, 1.82) is 0 Å². The predicted molar refractivity (Wildman–Crippen MR) is 118 cm³/mol. The molecule has 1 aliphatic rings. The summed E-state index contributed by atoms with van der Waals surface area (Å²) in [6.45, 7) is 0. The normalized spacial score (nSPS) is 15.4. The van der Waals surface area contributed by atoms with E-state index < -0.39 is 0 Å². The van der Waals surface area contributed by atoms with Gasteiger partial charge in [-0.1, -0.05) is 24.0 Å². The number of ether oxygens (including phenoxy) is 2. The van der Waals surface area contributed by atoms with Gasteiger partial charge in [-0.25, -0.2) is 0 Å². The molecule has 0 atom stereocenters. The van der Waals surface area contributed by atoms with E-state index in [1.165, 1.54) is 11.0 Å². The zero-order valence-electron chi connectivity index (χ0n) is 15.6. The lowest BCUT2D eigenvalue weighted by Gasteiger charge is -2.14. The number of thioether (sulfide) groups is 1. The number of hydrogen-bond donors (Lipinski definition) is 1. The van der Waals surface area contributed by atoms with Gasteiger partial charge < -0.3 is 14.5 Å². The molecule has 29 heavy (non-hydrogen) atoms. The molecule has 0 bridgehead atoms. The standard InChI is InChI=1S/C21H16N2O4S2/c1-26-13-5-3-12(4-6-13)23-20(25)19(29-21(23)28)10-18(24)16-11-22-17-8-7-14(27-2)9-15(16)17/h3-11,22H,1-2H3/b19-10+. The van der Waals surface area contributed by atoms with Crippen molar-refractivity contribution in [3.63, 3.8) is 0 Å². The first-order chi connectivity index (χ1) is 14.0. The summed E-state index contributed by atoms with van der Waals surface area (Å²) in [6, 6.07) is 12.4. The Hall–Kier alpha value is -3.10. The Morgan fingerprint density at radius 3 is 2.48 bits per heavy atom. The van der Waals surface area contributed by atoms with E-state index in [1.807, 2.05) is 12.1 Å². The Morgan fingerprint density at radius 1 is 1.10 bits per heavy atom. The smallest absolute Gasteiger partial charge is 0.270 e. The minimum absolute atomic E-state index is 0.278. The number of aromatic amines is 1. The number of nitrogens with one attached hydrogen (secondary N) is 1. The summed E-state index contributed by atoms with van der Waals surface area (Å²) in [4.78, 5) is 30.5. The molecule has 3 aromatic rings. The molecule has 0 radical (unpaired) electrons. The van der Waals surface area contributed by atoms with Gasteiger partial charge in [0, 0.05) is 28.7 Å². The average molecular weight is 425 g/mol. The quantitative estimate of drug-likeness (QED) is 0.374. The van der Waals surface area contributed by atoms with Gasteiger partial charge in [0.05, 0.1) is 24.8 Å². The summed E-state index contributed by atoms with van der Waals surface area (Å²) >= 11 is 6.47. The second-order valence-corrected chi connectivity index (χ2v) is 7.87. The number of hydrogen-bond acceptors (Lipinski definition) is 6. The van der Waals surface area contributed by atoms with Crippen LogP contribution in [0, 0.1) is 0 Å². The van der Waals surface area contributed by atoms with Crippen molar-refractivity contribution < 1.29 is 19.1 Å². The third-order valence-corrected chi connectivity index (χ3v) is 5.84. The lowest BCUT2D eigenvalue weighted by Crippen LogP contribution is -2.27. The fourth-order valence-electron chi connectivity index (χ4n) is 3.05. The summed E-state index contributed by atoms with van der Waals surface area (Å²) in [5.74, 6) is 0.729. The zero-order valence-corrected chi connectivity index (χ0v) is 17.2. The van der Waals surface area contributed by atoms with Gasteiger partial charge in [0.1, 0.15) is 11.5 Å². The number of carbonyl (C=O) groups is 2. The second kappa shape index (κ2) is 7.73. The molecule has 1 aromatic heterocycles. The van der Waals surface area contributed by atoms with Gasteiger partial charge >= 0.3 is 0 Å². The van der Waals surface area contributed by atoms with Crippen LogP contribution in [-0.4, -0.2) is 35.2 Å². The number of methoxy groups -OCH3 is 2. The highest BCUT2D eigenvalue weighted by Gasteiger charge is 2.34. The third-order valence-electron chi connectivity index (χ3n) is 4.54. The predicted octanol–water partition coefficient (Wildman–Crippen LogP) is 4.32. The molecule has 0 aliphatic carbocycles. The van der Waals surface area contributed by atoms with Crippen LogP contribution in [0.3, 0.4) is 0 Å². The molecule has 0 saturated carbocycles. The molecule has 146 valence electrons. The minimum atomic E-state index is -0.323. The maximum absolute atomic E-state index is 12.9. The van der Waals surface area contributed by atoms with Crippen LogP contribution in [0.1, 0.15) is 10.4 Å². The fourth-order valence-corrected chi connectivity index (χ4v) is 4.32. The first-order valence-electron chi connectivity index (χ1n) is 8.63. The Morgan fingerprint density at radius 2 is 1.79 bits per heavy atom. The van der Waals surface area contributed by atoms with Gasteiger partial charge in [-0.05, 0) is 42.5 Å². The molecule has 0 unspecified atom stereocenters. The number of anilines is 1. The molecule has 1 amide bonds. The highest BCUT2D eigenvalue weighted by Crippen LogP contribution is 2.36. The summed E-state index contributed by atoms with van der Waals surface area (Å²) < 4.78 is 10.8. The number of amides is 1. The number of allylic oxidation sites excluding steroid dienone is 1. The van der Waals surface area contributed by atoms with E-state index in [0.29, 0.717) is 27.1 Å². The van der Waals surface area contributed by atoms with Crippen molar-refractivity contribution in [3.8, 4) is 11.5 Å². The maximum atomic E-state index is 12.9. The number of thiocarbonyl (C=S) groups is 1. The van der Waals surface area contributed by atoms with Gasteiger partial charge in [0.25, 0.3) is 5.91 Å². The van der Waals surface area contributed by atoms with E-state index in [0.717, 1.165) is 22.7 Å². The molecular weight excluding hydrogens is 408 g/mol. The van der Waals surface area contributed by atoms with Crippen molar-refractivity contribution in [2.75, 3.05) is 19.1 Å². The lowest BCUT2D eigenvalue weighted by atomic mass is 10.1. The fraction of sp³-hybridized carbons (Fsp3) is 0.0952. The average Bonchev–Trinajstić information content (AvgIpc) is 3.28. The van der Waals surface area contributed by atoms with Gasteiger partial charge in [-0.3, -0.25) is 14.5 Å². The SMILES string of the molecule is COc1ccc(N2C(=O)/C(=C\C(=O)c3c[nH]c4ccc(OC)cc34)SC2=S)cc1. The first-order valence-corrected chi connectivity index (χ1v) is 9.86. The lowest BCUT2D eigenvalue weighted by molar-refractivity contribution is -0.113. The van der Waals surface area contributed by atoms with Crippen LogP contribution in [0.5, 0.6) is 11.5 Å². The summed E-state index contributed by atoms with van der Waals surface area (Å²) in [5, 5.41) is 0.733. The van der Waals surface area contributed by atoms with Crippen LogP contribution in [0.25, 0.3) is 10.9 Å². The molecule has 1 saturated heterocycles. The van der Waals surface area contributed by atoms with E-state index in [9.17, 15) is 9.59 Å². The van der Waals surface area contributed by atoms with E-state index >= 15 is 0 Å². The number of benzene rings is 2. The van der Waals surface area contributed by atoms with Gasteiger partial charge in [0.2, 0.25) is 0 Å². The minimum Gasteiger partial charge on any atom is -0.497 e. The monoisotopic (exact) mass is 424 g/mol. The van der Waals surface area contributed by atoms with E-state index in [1.54, 1.807) is 50.7 Å². The number of carbonyl (C=O) groups excluding carboxylic acids is 2. The van der Waals surface area contributed by atoms with Crippen LogP contribution >= 0.6 is 24.0 Å². The molecule has 0 spiro atoms. The van der Waals surface area contributed by atoms with Crippen LogP contribution in [-0.2, 0) is 4.79 Å². The van der Waals surface area contributed by atoms with Crippen molar-refractivity contribution in [3.05, 3.63) is 65.2 Å². The Kier molecular flexibility index (Phi) is 5.12. The number of nitrogens with zero attached hydrogens (tertiary/aromatic N) is 1. The summed E-state index contributed by atoms with van der Waals surface area (Å²) in [6.07, 6.45) is 2.97. The van der Waals surface area contributed by atoms with Crippen LogP contribution in [0.4, 0.5) is 5.69 Å². The largest absolute Gasteiger partial charge is 0.497 e. The number of rotatable bonds is 5. The van der Waals surface area contributed by atoms with Crippen molar-refractivity contribution >= 4 is 56.6 Å². The molecule has 1 N–H and O–H groups in total. The zero-order chi connectivity index (χ0) is 20.5. The number of H-pyrrole nitrogens is 1. The Balaban J connectivity index is 1.64. The van der Waals surface area contributed by atoms with Gasteiger partial charge in [-0.2, -0.15) is 0 Å². The van der Waals surface area contributed by atoms with Crippen molar-refractivity contribution in [1.82, 2.24) is 4.98 Å². The van der Waals surface area contributed by atoms with E-state index in [-0.39, 0.29) is 16.6 Å². The number of ketones is 1. The molecule has 2 heterocycles. The molecule has 1 aliphatic heterocycles. The number of aromatic nitrogens is 1. The summed E-state index contributed by atoms with van der Waals surface area (Å²) in [5.41, 5.74) is 1.91. The molecule has 4 rings (SSSR count). The van der Waals surface area contributed by atoms with E-state index in [2.05, 4.69) is 4.98 Å². The van der Waals surface area contributed by atoms with Crippen LogP contribution < -0.4 is 14.4 Å². The van der Waals surface area contributed by atoms with E-state index in [4.69, 9.17) is 21.7 Å². The van der Waals surface area contributed by atoms with Crippen LogP contribution in [0.15, 0.2) is 59.6 Å². The second-order valence-electron chi connectivity index (χ2n) is 6.19. The molecule has 1 fully saturated rings. The highest BCUT2D eigenvalue weighted by molar-refractivity contribution is 8.27. The van der Waals surface area contributed by atoms with Gasteiger partial charge in [0.15, 0.2) is 10.1 Å². The first kappa shape index (κ1) is 19.2. The highest BCUT2D eigenvalue weighted by atomic mass is 32.2. The molecular formula is C21H16N2O4S2. The molecule has 6 nitrogen and oxygen atoms in total. The van der Waals surface area contributed by atoms with Crippen molar-refractivity contribution in [2.24, 2.45) is 0 Å². The third kappa shape index (κ3) is 3.52.